The molecule has 4 bridgehead atoms. The Kier molecular flexibility index (Phi) is 11.7. The van der Waals surface area contributed by atoms with Gasteiger partial charge in [-0.2, -0.15) is 0 Å². The number of esters is 4. The summed E-state index contributed by atoms with van der Waals surface area (Å²) in [5.41, 5.74) is -5.05. The first-order chi connectivity index (χ1) is 24.2. The second-order valence-corrected chi connectivity index (χ2v) is 18.8. The van der Waals surface area contributed by atoms with Crippen LogP contribution in [0.25, 0.3) is 0 Å². The molecule has 1 aliphatic heterocycles. The maximum Gasteiger partial charge on any atom is 0.347 e. The molecule has 1 saturated heterocycles. The Hall–Kier alpha value is -2.95. The number of rotatable bonds is 17. The first-order valence-electron chi connectivity index (χ1n) is 19.8. The van der Waals surface area contributed by atoms with Crippen molar-refractivity contribution in [2.45, 2.75) is 181 Å². The SMILES string of the molecule is CCC(CCC(C)(CCC(C)(CCC(C)(CC)C(=O)OC12CC3CC(CC(O)(C3)C1)C2)C(=O)OC1CCOC1=O)C(=O)OC(C)(C)C)n1ccnc1. The van der Waals surface area contributed by atoms with E-state index in [0.717, 1.165) is 38.5 Å². The number of carbonyl (C=O) groups is 4. The Morgan fingerprint density at radius 2 is 1.54 bits per heavy atom. The van der Waals surface area contributed by atoms with Crippen molar-refractivity contribution in [2.75, 3.05) is 6.61 Å². The van der Waals surface area contributed by atoms with Crippen LogP contribution in [0.15, 0.2) is 18.7 Å². The van der Waals surface area contributed by atoms with Gasteiger partial charge in [0, 0.05) is 31.3 Å². The molecule has 11 nitrogen and oxygen atoms in total. The van der Waals surface area contributed by atoms with Gasteiger partial charge in [-0.25, -0.2) is 9.78 Å². The van der Waals surface area contributed by atoms with Crippen LogP contribution in [-0.4, -0.2) is 68.0 Å². The van der Waals surface area contributed by atoms with Crippen molar-refractivity contribution in [2.24, 2.45) is 28.1 Å². The molecule has 4 aliphatic carbocycles. The molecule has 4 saturated carbocycles. The third-order valence-corrected chi connectivity index (χ3v) is 13.0. The van der Waals surface area contributed by atoms with Gasteiger partial charge in [0.05, 0.1) is 34.8 Å². The van der Waals surface area contributed by atoms with Crippen LogP contribution in [0, 0.1) is 28.1 Å². The summed E-state index contributed by atoms with van der Waals surface area (Å²) in [5.74, 6) is -0.964. The lowest BCUT2D eigenvalue weighted by Crippen LogP contribution is -2.61. The number of carbonyl (C=O) groups excluding carboxylic acids is 4. The average Bonchev–Trinajstić information content (AvgIpc) is 3.73. The highest BCUT2D eigenvalue weighted by Gasteiger charge is 2.60. The summed E-state index contributed by atoms with van der Waals surface area (Å²) < 4.78 is 25.4. The van der Waals surface area contributed by atoms with Crippen molar-refractivity contribution in [3.05, 3.63) is 18.7 Å². The Bertz CT molecular complexity index is 1440. The molecule has 0 radical (unpaired) electrons. The molecule has 2 heterocycles. The first-order valence-corrected chi connectivity index (χ1v) is 19.8. The fraction of sp³-hybridized carbons (Fsp3) is 0.829. The highest BCUT2D eigenvalue weighted by Crippen LogP contribution is 2.59. The molecular weight excluding hydrogens is 664 g/mol. The van der Waals surface area contributed by atoms with Gasteiger partial charge in [0.2, 0.25) is 6.10 Å². The average molecular weight is 729 g/mol. The number of imidazole rings is 1. The van der Waals surface area contributed by atoms with Crippen molar-refractivity contribution < 1.29 is 43.2 Å². The van der Waals surface area contributed by atoms with Crippen LogP contribution in [-0.2, 0) is 38.1 Å². The van der Waals surface area contributed by atoms with Crippen molar-refractivity contribution in [3.8, 4) is 0 Å². The van der Waals surface area contributed by atoms with Crippen molar-refractivity contribution >= 4 is 23.9 Å². The summed E-state index contributed by atoms with van der Waals surface area (Å²) in [7, 11) is 0. The molecule has 292 valence electrons. The minimum Gasteiger partial charge on any atom is -0.463 e. The Morgan fingerprint density at radius 3 is 2.04 bits per heavy atom. The number of hydrogen-bond acceptors (Lipinski definition) is 10. The molecule has 52 heavy (non-hydrogen) atoms. The van der Waals surface area contributed by atoms with Crippen LogP contribution in [0.1, 0.15) is 158 Å². The molecule has 6 rings (SSSR count). The highest BCUT2D eigenvalue weighted by molar-refractivity contribution is 5.83. The third kappa shape index (κ3) is 9.04. The second kappa shape index (κ2) is 15.1. The van der Waals surface area contributed by atoms with Crippen molar-refractivity contribution in [3.63, 3.8) is 0 Å². The zero-order valence-corrected chi connectivity index (χ0v) is 33.0. The molecule has 1 N–H and O–H groups in total. The molecule has 5 fully saturated rings. The monoisotopic (exact) mass is 728 g/mol. The third-order valence-electron chi connectivity index (χ3n) is 13.0. The lowest BCUT2D eigenvalue weighted by Gasteiger charge is -2.59. The van der Waals surface area contributed by atoms with E-state index in [2.05, 4.69) is 16.5 Å². The normalized spacial score (nSPS) is 30.8. The molecular formula is C41H64N2O9. The van der Waals surface area contributed by atoms with Gasteiger partial charge in [0.1, 0.15) is 11.2 Å². The molecule has 0 spiro atoms. The predicted molar refractivity (Wildman–Crippen MR) is 194 cm³/mol. The first kappa shape index (κ1) is 40.2. The van der Waals surface area contributed by atoms with Gasteiger partial charge in [0.25, 0.3) is 0 Å². The van der Waals surface area contributed by atoms with Gasteiger partial charge in [-0.15, -0.1) is 0 Å². The predicted octanol–water partition coefficient (Wildman–Crippen LogP) is 7.43. The fourth-order valence-electron chi connectivity index (χ4n) is 9.55. The summed E-state index contributed by atoms with van der Waals surface area (Å²) in [6.07, 6.45) is 13.3. The lowest BCUT2D eigenvalue weighted by atomic mass is 9.52. The molecule has 11 heteroatoms. The molecule has 1 aromatic rings. The number of aliphatic hydroxyl groups is 1. The summed E-state index contributed by atoms with van der Waals surface area (Å²) in [4.78, 5) is 58.9. The van der Waals surface area contributed by atoms with E-state index in [1.54, 1.807) is 12.5 Å². The number of cyclic esters (lactones) is 1. The van der Waals surface area contributed by atoms with Gasteiger partial charge in [-0.1, -0.05) is 13.8 Å². The lowest BCUT2D eigenvalue weighted by molar-refractivity contribution is -0.226. The highest BCUT2D eigenvalue weighted by atomic mass is 16.6. The van der Waals surface area contributed by atoms with Crippen molar-refractivity contribution in [1.29, 1.82) is 0 Å². The molecule has 7 unspecified atom stereocenters. The smallest absolute Gasteiger partial charge is 0.347 e. The standard InChI is InChI=1S/C41H64N2O9/c1-9-30(43-19-18-42-27-43)11-13-38(7,35(47)51-36(3,4)5)16-17-39(8,33(45)50-31-12-20-49-32(31)44)15-14-37(6,10-2)34(46)52-41-24-28-21-29(25-41)23-40(48,22-28)26-41/h18-19,27-31,48H,9-17,20-26H2,1-8H3. The summed E-state index contributed by atoms with van der Waals surface area (Å²) in [5, 5.41) is 11.3. The van der Waals surface area contributed by atoms with Gasteiger partial charge in [0.15, 0.2) is 0 Å². The van der Waals surface area contributed by atoms with E-state index in [0.29, 0.717) is 56.8 Å². The summed E-state index contributed by atoms with van der Waals surface area (Å²) >= 11 is 0. The Morgan fingerprint density at radius 1 is 0.923 bits per heavy atom. The zero-order chi connectivity index (χ0) is 38.2. The van der Waals surface area contributed by atoms with E-state index in [9.17, 15) is 24.3 Å². The van der Waals surface area contributed by atoms with E-state index in [-0.39, 0.29) is 37.4 Å². The maximum absolute atomic E-state index is 14.2. The second-order valence-electron chi connectivity index (χ2n) is 18.8. The number of hydrogen-bond donors (Lipinski definition) is 1. The van der Waals surface area contributed by atoms with Crippen LogP contribution in [0.5, 0.6) is 0 Å². The topological polar surface area (TPSA) is 143 Å². The molecule has 0 aromatic carbocycles. The number of aromatic nitrogens is 2. The molecule has 7 atom stereocenters. The van der Waals surface area contributed by atoms with Crippen molar-refractivity contribution in [1.82, 2.24) is 9.55 Å². The largest absolute Gasteiger partial charge is 0.463 e. The van der Waals surface area contributed by atoms with Crippen LogP contribution in [0.3, 0.4) is 0 Å². The minimum atomic E-state index is -1.13. The van der Waals surface area contributed by atoms with Crippen LogP contribution >= 0.6 is 0 Å². The van der Waals surface area contributed by atoms with E-state index < -0.39 is 51.1 Å². The number of ether oxygens (including phenoxy) is 4. The van der Waals surface area contributed by atoms with E-state index in [1.807, 2.05) is 54.7 Å². The summed E-state index contributed by atoms with van der Waals surface area (Å²) in [6.45, 7) is 15.4. The molecule has 1 aromatic heterocycles. The zero-order valence-electron chi connectivity index (χ0n) is 33.0. The van der Waals surface area contributed by atoms with Gasteiger partial charge in [-0.05, 0) is 137 Å². The van der Waals surface area contributed by atoms with Crippen LogP contribution in [0.4, 0.5) is 0 Å². The van der Waals surface area contributed by atoms with Gasteiger partial charge < -0.3 is 28.6 Å². The Balaban J connectivity index is 1.35. The molecule has 5 aliphatic rings. The quantitative estimate of drug-likeness (QED) is 0.127. The van der Waals surface area contributed by atoms with Gasteiger partial charge in [-0.3, -0.25) is 14.4 Å². The van der Waals surface area contributed by atoms with E-state index >= 15 is 0 Å². The fourth-order valence-corrected chi connectivity index (χ4v) is 9.55. The van der Waals surface area contributed by atoms with Gasteiger partial charge >= 0.3 is 23.9 Å². The molecule has 0 amide bonds. The number of nitrogens with zero attached hydrogens (tertiary/aromatic N) is 2. The minimum absolute atomic E-state index is 0.139. The van der Waals surface area contributed by atoms with Crippen LogP contribution in [0.2, 0.25) is 0 Å². The van der Waals surface area contributed by atoms with Crippen LogP contribution < -0.4 is 0 Å². The van der Waals surface area contributed by atoms with E-state index in [4.69, 9.17) is 18.9 Å². The summed E-state index contributed by atoms with van der Waals surface area (Å²) in [6, 6.07) is 0.139. The maximum atomic E-state index is 14.2. The Labute approximate surface area is 310 Å². The van der Waals surface area contributed by atoms with E-state index in [1.165, 1.54) is 0 Å².